The summed E-state index contributed by atoms with van der Waals surface area (Å²) in [6.45, 7) is 30.8. The van der Waals surface area contributed by atoms with Crippen LogP contribution in [0, 0.1) is 0 Å². The lowest BCUT2D eigenvalue weighted by Gasteiger charge is -2.33. The molecule has 0 amide bonds. The zero-order chi connectivity index (χ0) is 45.6. The van der Waals surface area contributed by atoms with Crippen molar-refractivity contribution in [3.63, 3.8) is 0 Å². The summed E-state index contributed by atoms with van der Waals surface area (Å²) in [6, 6.07) is 48.1. The molecule has 2 saturated heterocycles. The molecule has 7 heteroatoms. The van der Waals surface area contributed by atoms with Crippen molar-refractivity contribution in [1.82, 2.24) is 0 Å². The normalized spacial score (nSPS) is 19.4. The Morgan fingerprint density at radius 3 is 1.23 bits per heavy atom. The summed E-state index contributed by atoms with van der Waals surface area (Å²) in [4.78, 5) is 2.42. The first-order chi connectivity index (χ1) is 29.9. The van der Waals surface area contributed by atoms with Crippen LogP contribution in [0.15, 0.2) is 127 Å². The van der Waals surface area contributed by atoms with Crippen LogP contribution < -0.4 is 15.8 Å². The van der Waals surface area contributed by atoms with E-state index in [-0.39, 0.29) is 10.8 Å². The molecule has 6 aromatic rings. The summed E-state index contributed by atoms with van der Waals surface area (Å²) in [5.74, 6) is 0. The van der Waals surface area contributed by atoms with Gasteiger partial charge in [0.2, 0.25) is 0 Å². The second-order valence-corrected chi connectivity index (χ2v) is 22.7. The standard InChI is InChI=1S/C57H63B2NO4/c1-51(2,3)36-22-32-42-43-33-23-37(52(4,5)6)35-48(43)57(47(42)34-36)45-19-16-15-18-44(45)50-46(57)20-17-21-49(50)60(40-28-24-38(25-29-40)58-61-53(7,8)54(9,10)62-58)41-30-26-39(27-31-41)59-63-55(11,12)56(13,14)64-59/h15-35H,1-14H3. The van der Waals surface area contributed by atoms with Crippen LogP contribution in [0.4, 0.5) is 17.1 Å². The Bertz CT molecular complexity index is 2650. The van der Waals surface area contributed by atoms with E-state index in [1.807, 2.05) is 0 Å². The van der Waals surface area contributed by atoms with Gasteiger partial charge in [-0.1, -0.05) is 139 Å². The van der Waals surface area contributed by atoms with E-state index in [1.54, 1.807) is 0 Å². The monoisotopic (exact) mass is 847 g/mol. The highest BCUT2D eigenvalue weighted by atomic mass is 16.7. The lowest BCUT2D eigenvalue weighted by molar-refractivity contribution is 0.00578. The highest BCUT2D eigenvalue weighted by Crippen LogP contribution is 2.65. The van der Waals surface area contributed by atoms with Crippen LogP contribution in [-0.4, -0.2) is 36.6 Å². The van der Waals surface area contributed by atoms with Gasteiger partial charge < -0.3 is 23.5 Å². The van der Waals surface area contributed by atoms with E-state index in [0.717, 1.165) is 28.0 Å². The fourth-order valence-electron chi connectivity index (χ4n) is 10.3. The van der Waals surface area contributed by atoms with E-state index in [0.29, 0.717) is 0 Å². The van der Waals surface area contributed by atoms with Gasteiger partial charge in [-0.15, -0.1) is 0 Å². The molecule has 10 rings (SSSR count). The molecular formula is C57H63B2NO4. The molecule has 0 radical (unpaired) electrons. The fraction of sp³-hybridized carbons (Fsp3) is 0.368. The van der Waals surface area contributed by atoms with Crippen LogP contribution in [-0.2, 0) is 34.9 Å². The Balaban J connectivity index is 1.20. The van der Waals surface area contributed by atoms with Crippen molar-refractivity contribution in [3.8, 4) is 22.3 Å². The van der Waals surface area contributed by atoms with Crippen molar-refractivity contribution in [1.29, 1.82) is 0 Å². The number of nitrogens with zero attached hydrogens (tertiary/aromatic N) is 1. The average Bonchev–Trinajstić information content (AvgIpc) is 3.85. The molecule has 0 unspecified atom stereocenters. The number of hydrogen-bond donors (Lipinski definition) is 0. The van der Waals surface area contributed by atoms with Gasteiger partial charge in [-0.05, 0) is 158 Å². The van der Waals surface area contributed by atoms with E-state index in [9.17, 15) is 0 Å². The molecule has 2 fully saturated rings. The van der Waals surface area contributed by atoms with Gasteiger partial charge in [0.05, 0.1) is 33.5 Å². The van der Waals surface area contributed by atoms with Crippen LogP contribution in [0.5, 0.6) is 0 Å². The third-order valence-corrected chi connectivity index (χ3v) is 15.5. The maximum atomic E-state index is 6.52. The van der Waals surface area contributed by atoms with Crippen LogP contribution in [0.25, 0.3) is 22.3 Å². The Morgan fingerprint density at radius 1 is 0.406 bits per heavy atom. The molecule has 6 aromatic carbocycles. The molecule has 0 aromatic heterocycles. The van der Waals surface area contributed by atoms with Crippen LogP contribution in [0.2, 0.25) is 0 Å². The number of anilines is 3. The summed E-state index contributed by atoms with van der Waals surface area (Å²) in [5, 5.41) is 0. The number of benzene rings is 6. The summed E-state index contributed by atoms with van der Waals surface area (Å²) in [5.41, 5.74) is 16.0. The Kier molecular flexibility index (Phi) is 9.44. The van der Waals surface area contributed by atoms with Gasteiger partial charge in [-0.25, -0.2) is 0 Å². The molecule has 0 saturated carbocycles. The van der Waals surface area contributed by atoms with Crippen molar-refractivity contribution in [2.45, 2.75) is 136 Å². The van der Waals surface area contributed by atoms with Crippen molar-refractivity contribution in [3.05, 3.63) is 161 Å². The van der Waals surface area contributed by atoms with Gasteiger partial charge in [0.15, 0.2) is 0 Å². The van der Waals surface area contributed by atoms with E-state index >= 15 is 0 Å². The van der Waals surface area contributed by atoms with Gasteiger partial charge in [-0.3, -0.25) is 0 Å². The van der Waals surface area contributed by atoms with Crippen molar-refractivity contribution < 1.29 is 18.6 Å². The van der Waals surface area contributed by atoms with Gasteiger partial charge >= 0.3 is 14.2 Å². The van der Waals surface area contributed by atoms with E-state index in [2.05, 4.69) is 229 Å². The molecular weight excluding hydrogens is 784 g/mol. The zero-order valence-corrected chi connectivity index (χ0v) is 40.4. The summed E-state index contributed by atoms with van der Waals surface area (Å²) >= 11 is 0. The predicted octanol–water partition coefficient (Wildman–Crippen LogP) is 12.7. The first-order valence-corrected chi connectivity index (χ1v) is 23.2. The Labute approximate surface area is 382 Å². The summed E-state index contributed by atoms with van der Waals surface area (Å²) in [6.07, 6.45) is 0. The second-order valence-electron chi connectivity index (χ2n) is 22.7. The van der Waals surface area contributed by atoms with Gasteiger partial charge in [0.25, 0.3) is 0 Å². The molecule has 4 aliphatic rings. The molecule has 326 valence electrons. The highest BCUT2D eigenvalue weighted by molar-refractivity contribution is 6.62. The first kappa shape index (κ1) is 43.0. The quantitative estimate of drug-likeness (QED) is 0.161. The third kappa shape index (κ3) is 6.36. The molecule has 0 atom stereocenters. The number of fused-ring (bicyclic) bond motifs is 10. The zero-order valence-electron chi connectivity index (χ0n) is 40.4. The SMILES string of the molecule is CC(C)(C)c1ccc2c(c1)C1(c3cc(C(C)(C)C)ccc3-2)c2ccccc2-c2c(N(c3ccc(B4OC(C)(C)C(C)(C)O4)cc3)c3ccc(B4OC(C)(C)C(C)(C)O4)cc3)cccc21. The van der Waals surface area contributed by atoms with Crippen LogP contribution >= 0.6 is 0 Å². The topological polar surface area (TPSA) is 40.2 Å². The van der Waals surface area contributed by atoms with E-state index < -0.39 is 42.1 Å². The Hall–Kier alpha value is -4.91. The van der Waals surface area contributed by atoms with Crippen molar-refractivity contribution in [2.24, 2.45) is 0 Å². The molecule has 0 N–H and O–H groups in total. The van der Waals surface area contributed by atoms with Gasteiger partial charge in [0, 0.05) is 16.9 Å². The minimum Gasteiger partial charge on any atom is -0.399 e. The molecule has 5 nitrogen and oxygen atoms in total. The fourth-order valence-corrected chi connectivity index (χ4v) is 10.3. The minimum atomic E-state index is -0.526. The molecule has 2 aliphatic carbocycles. The highest BCUT2D eigenvalue weighted by Gasteiger charge is 2.55. The number of rotatable bonds is 5. The first-order valence-electron chi connectivity index (χ1n) is 23.2. The minimum absolute atomic E-state index is 0.0281. The number of hydrogen-bond acceptors (Lipinski definition) is 5. The molecule has 2 aliphatic heterocycles. The van der Waals surface area contributed by atoms with Crippen molar-refractivity contribution in [2.75, 3.05) is 4.90 Å². The summed E-state index contributed by atoms with van der Waals surface area (Å²) < 4.78 is 26.1. The van der Waals surface area contributed by atoms with E-state index in [1.165, 1.54) is 55.6 Å². The van der Waals surface area contributed by atoms with Crippen LogP contribution in [0.1, 0.15) is 130 Å². The maximum Gasteiger partial charge on any atom is 0.494 e. The molecule has 2 heterocycles. The summed E-state index contributed by atoms with van der Waals surface area (Å²) in [7, 11) is -0.921. The van der Waals surface area contributed by atoms with E-state index in [4.69, 9.17) is 18.6 Å². The lowest BCUT2D eigenvalue weighted by atomic mass is 9.69. The largest absolute Gasteiger partial charge is 0.494 e. The van der Waals surface area contributed by atoms with Gasteiger partial charge in [-0.2, -0.15) is 0 Å². The lowest BCUT2D eigenvalue weighted by Crippen LogP contribution is -2.41. The predicted molar refractivity (Wildman–Crippen MR) is 266 cm³/mol. The molecule has 0 bridgehead atoms. The Morgan fingerprint density at radius 2 is 0.812 bits per heavy atom. The smallest absolute Gasteiger partial charge is 0.399 e. The molecule has 64 heavy (non-hydrogen) atoms. The third-order valence-electron chi connectivity index (χ3n) is 15.5. The maximum absolute atomic E-state index is 6.52. The molecule has 1 spiro atoms. The second kappa shape index (κ2) is 14.0. The van der Waals surface area contributed by atoms with Gasteiger partial charge in [0.1, 0.15) is 0 Å². The van der Waals surface area contributed by atoms with Crippen LogP contribution in [0.3, 0.4) is 0 Å². The van der Waals surface area contributed by atoms with Crippen molar-refractivity contribution >= 4 is 42.2 Å². The average molecular weight is 848 g/mol.